The van der Waals surface area contributed by atoms with Crippen molar-refractivity contribution in [2.45, 2.75) is 13.8 Å². The first kappa shape index (κ1) is 22.9. The lowest BCUT2D eigenvalue weighted by atomic mass is 10.0. The average molecular weight is 500 g/mol. The van der Waals surface area contributed by atoms with Gasteiger partial charge >= 0.3 is 0 Å². The minimum atomic E-state index is -0.166. The summed E-state index contributed by atoms with van der Waals surface area (Å²) < 4.78 is 7.11. The van der Waals surface area contributed by atoms with Crippen LogP contribution < -0.4 is 10.1 Å². The Morgan fingerprint density at radius 3 is 2.81 bits per heavy atom. The van der Waals surface area contributed by atoms with Crippen molar-refractivity contribution in [2.24, 2.45) is 0 Å². The van der Waals surface area contributed by atoms with Gasteiger partial charge in [-0.05, 0) is 44.2 Å². The monoisotopic (exact) mass is 499 g/mol. The first-order valence-electron chi connectivity index (χ1n) is 10.7. The van der Waals surface area contributed by atoms with Crippen molar-refractivity contribution in [3.63, 3.8) is 0 Å². The third-order valence-corrected chi connectivity index (χ3v) is 5.74. The molecule has 178 valence electrons. The highest BCUT2D eigenvalue weighted by molar-refractivity contribution is 6.29. The van der Waals surface area contributed by atoms with Crippen molar-refractivity contribution in [2.75, 3.05) is 12.4 Å². The van der Waals surface area contributed by atoms with E-state index in [2.05, 4.69) is 36.8 Å². The van der Waals surface area contributed by atoms with Gasteiger partial charge in [0.05, 0.1) is 29.4 Å². The van der Waals surface area contributed by atoms with Crippen LogP contribution in [0.5, 0.6) is 5.75 Å². The van der Waals surface area contributed by atoms with E-state index in [1.54, 1.807) is 36.0 Å². The number of halogens is 1. The van der Waals surface area contributed by atoms with Crippen LogP contribution in [0.3, 0.4) is 0 Å². The number of carbonyl (C=O) groups excluding carboxylic acids is 1. The predicted octanol–water partition coefficient (Wildman–Crippen LogP) is 4.39. The molecule has 0 spiro atoms. The number of imidazole rings is 1. The minimum absolute atomic E-state index is 0.166. The van der Waals surface area contributed by atoms with Crippen LogP contribution in [-0.2, 0) is 0 Å². The van der Waals surface area contributed by atoms with Crippen molar-refractivity contribution in [3.05, 3.63) is 64.8 Å². The summed E-state index contributed by atoms with van der Waals surface area (Å²) >= 11 is 5.89. The number of fused-ring (bicyclic) bond motifs is 1. The quantitative estimate of drug-likeness (QED) is 0.324. The van der Waals surface area contributed by atoms with Crippen LogP contribution in [0, 0.1) is 18.3 Å². The van der Waals surface area contributed by atoms with E-state index in [0.717, 1.165) is 11.2 Å². The molecule has 0 radical (unpaired) electrons. The van der Waals surface area contributed by atoms with Gasteiger partial charge in [0.25, 0.3) is 0 Å². The molecule has 4 heterocycles. The molecular weight excluding hydrogens is 482 g/mol. The Morgan fingerprint density at radius 1 is 1.22 bits per heavy atom. The minimum Gasteiger partial charge on any atom is -0.493 e. The number of pyridine rings is 1. The van der Waals surface area contributed by atoms with Gasteiger partial charge in [-0.3, -0.25) is 14.5 Å². The van der Waals surface area contributed by atoms with Gasteiger partial charge < -0.3 is 10.1 Å². The van der Waals surface area contributed by atoms with E-state index < -0.39 is 0 Å². The van der Waals surface area contributed by atoms with E-state index >= 15 is 0 Å². The molecule has 0 bridgehead atoms. The highest BCUT2D eigenvalue weighted by Gasteiger charge is 2.21. The number of anilines is 2. The SMILES string of the molecule is COc1cc(Cl)nnc1Nc1ccc2c(c1)ncn2-c1ccc(C(C)=O)c(-c2c(C#N)n[nH]c2C)n1. The van der Waals surface area contributed by atoms with E-state index in [4.69, 9.17) is 21.3 Å². The number of nitrogens with one attached hydrogen (secondary N) is 2. The Hall–Kier alpha value is -4.82. The van der Waals surface area contributed by atoms with Crippen molar-refractivity contribution >= 4 is 39.9 Å². The number of hydrogen-bond donors (Lipinski definition) is 2. The Morgan fingerprint density at radius 2 is 2.06 bits per heavy atom. The molecule has 0 aliphatic rings. The number of ether oxygens (including phenoxy) is 1. The summed E-state index contributed by atoms with van der Waals surface area (Å²) in [6, 6.07) is 12.6. The Kier molecular flexibility index (Phi) is 5.79. The van der Waals surface area contributed by atoms with Gasteiger partial charge in [-0.25, -0.2) is 9.97 Å². The number of nitriles is 1. The molecule has 0 saturated carbocycles. The highest BCUT2D eigenvalue weighted by atomic mass is 35.5. The summed E-state index contributed by atoms with van der Waals surface area (Å²) in [5.74, 6) is 1.23. The largest absolute Gasteiger partial charge is 0.493 e. The Balaban J connectivity index is 1.56. The van der Waals surface area contributed by atoms with Crippen LogP contribution in [0.2, 0.25) is 5.15 Å². The number of Topliss-reactive ketones (excluding diaryl/α,β-unsaturated/α-hetero) is 1. The second-order valence-corrected chi connectivity index (χ2v) is 8.22. The lowest BCUT2D eigenvalue weighted by molar-refractivity contribution is 0.101. The maximum atomic E-state index is 12.3. The average Bonchev–Trinajstić information content (AvgIpc) is 3.47. The number of aryl methyl sites for hydroxylation is 1. The molecule has 0 unspecified atom stereocenters. The van der Waals surface area contributed by atoms with Crippen LogP contribution in [0.25, 0.3) is 28.1 Å². The van der Waals surface area contributed by atoms with Crippen LogP contribution in [0.15, 0.2) is 42.7 Å². The highest BCUT2D eigenvalue weighted by Crippen LogP contribution is 2.31. The van der Waals surface area contributed by atoms with Crippen LogP contribution in [0.4, 0.5) is 11.5 Å². The number of hydrogen-bond acceptors (Lipinski definition) is 9. The Bertz CT molecular complexity index is 1680. The molecular formula is C24H18ClN9O2. The maximum absolute atomic E-state index is 12.3. The fraction of sp³-hybridized carbons (Fsp3) is 0.125. The molecule has 2 N–H and O–H groups in total. The van der Waals surface area contributed by atoms with Crippen molar-refractivity contribution in [1.82, 2.24) is 34.9 Å². The first-order chi connectivity index (χ1) is 17.4. The fourth-order valence-electron chi connectivity index (χ4n) is 3.86. The number of benzene rings is 1. The molecule has 0 amide bonds. The number of carbonyl (C=O) groups is 1. The molecule has 1 aromatic carbocycles. The van der Waals surface area contributed by atoms with Crippen molar-refractivity contribution < 1.29 is 9.53 Å². The van der Waals surface area contributed by atoms with Gasteiger partial charge in [-0.15, -0.1) is 10.2 Å². The molecule has 12 heteroatoms. The molecule has 11 nitrogen and oxygen atoms in total. The summed E-state index contributed by atoms with van der Waals surface area (Å²) in [4.78, 5) is 21.6. The topological polar surface area (TPSA) is 147 Å². The summed E-state index contributed by atoms with van der Waals surface area (Å²) in [5, 5.41) is 27.6. The van der Waals surface area contributed by atoms with Gasteiger partial charge in [0.2, 0.25) is 0 Å². The van der Waals surface area contributed by atoms with E-state index in [1.165, 1.54) is 14.0 Å². The summed E-state index contributed by atoms with van der Waals surface area (Å²) in [7, 11) is 1.52. The van der Waals surface area contributed by atoms with Crippen LogP contribution >= 0.6 is 11.6 Å². The molecule has 5 aromatic rings. The molecule has 4 aromatic heterocycles. The second kappa shape index (κ2) is 9.09. The zero-order valence-electron chi connectivity index (χ0n) is 19.4. The Labute approximate surface area is 209 Å². The number of aromatic amines is 1. The zero-order chi connectivity index (χ0) is 25.4. The van der Waals surface area contributed by atoms with Gasteiger partial charge in [0.15, 0.2) is 28.2 Å². The zero-order valence-corrected chi connectivity index (χ0v) is 20.1. The number of H-pyrrole nitrogens is 1. The van der Waals surface area contributed by atoms with Crippen molar-refractivity contribution in [3.8, 4) is 28.9 Å². The molecule has 0 atom stereocenters. The summed E-state index contributed by atoms with van der Waals surface area (Å²) in [6.07, 6.45) is 1.64. The van der Waals surface area contributed by atoms with Gasteiger partial charge in [0, 0.05) is 23.0 Å². The predicted molar refractivity (Wildman–Crippen MR) is 133 cm³/mol. The van der Waals surface area contributed by atoms with E-state index in [1.807, 2.05) is 18.2 Å². The number of rotatable bonds is 6. The molecule has 0 saturated heterocycles. The normalized spacial score (nSPS) is 10.9. The molecule has 0 aliphatic carbocycles. The molecule has 0 fully saturated rings. The van der Waals surface area contributed by atoms with E-state index in [-0.39, 0.29) is 16.6 Å². The van der Waals surface area contributed by atoms with E-state index in [0.29, 0.717) is 45.4 Å². The molecule has 5 rings (SSSR count). The summed E-state index contributed by atoms with van der Waals surface area (Å²) in [6.45, 7) is 3.24. The van der Waals surface area contributed by atoms with E-state index in [9.17, 15) is 10.1 Å². The molecule has 0 aliphatic heterocycles. The lowest BCUT2D eigenvalue weighted by Gasteiger charge is -2.11. The summed E-state index contributed by atoms with van der Waals surface area (Å²) in [5.41, 5.74) is 4.29. The smallest absolute Gasteiger partial charge is 0.195 e. The number of nitrogens with zero attached hydrogens (tertiary/aromatic N) is 7. The number of ketones is 1. The number of methoxy groups -OCH3 is 1. The lowest BCUT2D eigenvalue weighted by Crippen LogP contribution is -2.05. The number of aromatic nitrogens is 7. The third kappa shape index (κ3) is 3.99. The standard InChI is InChI=1S/C24H18ClN9O2/c1-12-22(17(10-26)31-30-12)23-15(13(2)35)5-7-21(29-23)34-11-27-16-8-14(4-6-18(16)34)28-24-19(36-3)9-20(25)32-33-24/h4-9,11H,1-3H3,(H,28,33)(H,30,31). The van der Waals surface area contributed by atoms with Gasteiger partial charge in [0.1, 0.15) is 18.2 Å². The fourth-order valence-corrected chi connectivity index (χ4v) is 4.00. The second-order valence-electron chi connectivity index (χ2n) is 7.83. The van der Waals surface area contributed by atoms with Crippen LogP contribution in [0.1, 0.15) is 28.7 Å². The third-order valence-electron chi connectivity index (χ3n) is 5.56. The maximum Gasteiger partial charge on any atom is 0.195 e. The van der Waals surface area contributed by atoms with Crippen LogP contribution in [-0.4, -0.2) is 47.8 Å². The molecule has 36 heavy (non-hydrogen) atoms. The van der Waals surface area contributed by atoms with Gasteiger partial charge in [-0.1, -0.05) is 11.6 Å². The first-order valence-corrected chi connectivity index (χ1v) is 11.1. The van der Waals surface area contributed by atoms with Crippen molar-refractivity contribution in [1.29, 1.82) is 5.26 Å². The van der Waals surface area contributed by atoms with Gasteiger partial charge in [-0.2, -0.15) is 10.4 Å².